The van der Waals surface area contributed by atoms with Crippen molar-refractivity contribution in [2.45, 2.75) is 19.4 Å². The van der Waals surface area contributed by atoms with Crippen LogP contribution in [0.2, 0.25) is 0 Å². The van der Waals surface area contributed by atoms with E-state index in [4.69, 9.17) is 10.2 Å². The fourth-order valence-electron chi connectivity index (χ4n) is 1.33. The molecule has 90 valence electrons. The molecule has 0 saturated carbocycles. The fraction of sp³-hybridized carbons (Fsp3) is 0.273. The molecule has 1 aromatic heterocycles. The van der Waals surface area contributed by atoms with Crippen LogP contribution in [0.3, 0.4) is 0 Å². The second kappa shape index (κ2) is 4.58. The molecule has 0 bridgehead atoms. The van der Waals surface area contributed by atoms with Gasteiger partial charge in [-0.25, -0.2) is 8.78 Å². The Bertz CT molecular complexity index is 527. The summed E-state index contributed by atoms with van der Waals surface area (Å²) in [6.45, 7) is 1.86. The minimum atomic E-state index is -0.619. The van der Waals surface area contributed by atoms with Gasteiger partial charge in [-0.05, 0) is 24.6 Å². The minimum Gasteiger partial charge on any atom is -0.419 e. The van der Waals surface area contributed by atoms with Crippen LogP contribution in [0.25, 0.3) is 11.5 Å². The predicted molar refractivity (Wildman–Crippen MR) is 56.9 cm³/mol. The fourth-order valence-corrected chi connectivity index (χ4v) is 1.33. The number of nitrogens with two attached hydrogens (primary N) is 1. The van der Waals surface area contributed by atoms with E-state index in [1.807, 2.05) is 6.92 Å². The minimum absolute atomic E-state index is 0.0629. The number of halogens is 2. The zero-order valence-corrected chi connectivity index (χ0v) is 9.15. The smallest absolute Gasteiger partial charge is 0.250 e. The monoisotopic (exact) mass is 239 g/mol. The van der Waals surface area contributed by atoms with E-state index in [-0.39, 0.29) is 17.3 Å². The van der Waals surface area contributed by atoms with Crippen LogP contribution < -0.4 is 5.73 Å². The average Bonchev–Trinajstić information content (AvgIpc) is 2.80. The molecule has 2 rings (SSSR count). The number of hydrogen-bond donors (Lipinski definition) is 1. The molecule has 0 aliphatic carbocycles. The van der Waals surface area contributed by atoms with Gasteiger partial charge in [-0.2, -0.15) is 0 Å². The van der Waals surface area contributed by atoms with Crippen molar-refractivity contribution < 1.29 is 13.2 Å². The molecule has 1 unspecified atom stereocenters. The number of hydrogen-bond acceptors (Lipinski definition) is 4. The molecule has 1 atom stereocenters. The molecular weight excluding hydrogens is 228 g/mol. The Kier molecular flexibility index (Phi) is 3.14. The summed E-state index contributed by atoms with van der Waals surface area (Å²) in [7, 11) is 0. The van der Waals surface area contributed by atoms with Crippen LogP contribution in [0.15, 0.2) is 22.6 Å². The van der Waals surface area contributed by atoms with Crippen LogP contribution >= 0.6 is 0 Å². The van der Waals surface area contributed by atoms with Crippen LogP contribution in [0.1, 0.15) is 25.3 Å². The highest BCUT2D eigenvalue weighted by atomic mass is 19.1. The largest absolute Gasteiger partial charge is 0.419 e. The molecule has 0 aliphatic heterocycles. The first kappa shape index (κ1) is 11.7. The molecule has 2 N–H and O–H groups in total. The summed E-state index contributed by atoms with van der Waals surface area (Å²) < 4.78 is 31.6. The van der Waals surface area contributed by atoms with Crippen LogP contribution in [0.5, 0.6) is 0 Å². The molecular formula is C11H11F2N3O. The van der Waals surface area contributed by atoms with E-state index in [1.54, 1.807) is 0 Å². The Labute approximate surface area is 96.5 Å². The summed E-state index contributed by atoms with van der Waals surface area (Å²) >= 11 is 0. The third kappa shape index (κ3) is 2.31. The molecule has 0 fully saturated rings. The summed E-state index contributed by atoms with van der Waals surface area (Å²) in [6.07, 6.45) is 0.618. The van der Waals surface area contributed by atoms with Gasteiger partial charge in [0.05, 0.1) is 11.6 Å². The van der Waals surface area contributed by atoms with Gasteiger partial charge in [-0.1, -0.05) is 6.92 Å². The van der Waals surface area contributed by atoms with Gasteiger partial charge in [0.15, 0.2) is 0 Å². The average molecular weight is 239 g/mol. The second-order valence-electron chi connectivity index (χ2n) is 3.58. The molecule has 4 nitrogen and oxygen atoms in total. The van der Waals surface area contributed by atoms with Crippen molar-refractivity contribution in [2.24, 2.45) is 5.73 Å². The lowest BCUT2D eigenvalue weighted by molar-refractivity contribution is 0.450. The van der Waals surface area contributed by atoms with E-state index < -0.39 is 17.7 Å². The Morgan fingerprint density at radius 1 is 1.35 bits per heavy atom. The summed E-state index contributed by atoms with van der Waals surface area (Å²) in [6, 6.07) is 2.64. The summed E-state index contributed by atoms with van der Waals surface area (Å²) in [4.78, 5) is 0. The van der Waals surface area contributed by atoms with E-state index in [0.717, 1.165) is 18.2 Å². The quantitative estimate of drug-likeness (QED) is 0.893. The van der Waals surface area contributed by atoms with Crippen molar-refractivity contribution in [1.29, 1.82) is 0 Å². The van der Waals surface area contributed by atoms with Crippen molar-refractivity contribution in [2.75, 3.05) is 0 Å². The molecule has 0 spiro atoms. The van der Waals surface area contributed by atoms with Crippen LogP contribution in [-0.4, -0.2) is 10.2 Å². The highest BCUT2D eigenvalue weighted by Crippen LogP contribution is 2.24. The number of benzene rings is 1. The van der Waals surface area contributed by atoms with Gasteiger partial charge in [-0.15, -0.1) is 10.2 Å². The topological polar surface area (TPSA) is 64.9 Å². The molecule has 0 aliphatic rings. The highest BCUT2D eigenvalue weighted by molar-refractivity contribution is 5.53. The summed E-state index contributed by atoms with van der Waals surface area (Å²) in [5.74, 6) is -1.04. The van der Waals surface area contributed by atoms with E-state index in [9.17, 15) is 8.78 Å². The molecule has 1 heterocycles. The van der Waals surface area contributed by atoms with Crippen molar-refractivity contribution in [3.63, 3.8) is 0 Å². The first-order valence-corrected chi connectivity index (χ1v) is 5.16. The van der Waals surface area contributed by atoms with Crippen LogP contribution in [-0.2, 0) is 0 Å². The first-order chi connectivity index (χ1) is 8.11. The third-order valence-corrected chi connectivity index (χ3v) is 2.36. The van der Waals surface area contributed by atoms with E-state index in [1.165, 1.54) is 0 Å². The predicted octanol–water partition coefficient (Wildman–Crippen LogP) is 2.42. The summed E-state index contributed by atoms with van der Waals surface area (Å²) in [5.41, 5.74) is 5.63. The molecule has 0 saturated heterocycles. The van der Waals surface area contributed by atoms with Crippen LogP contribution in [0, 0.1) is 11.6 Å². The van der Waals surface area contributed by atoms with Gasteiger partial charge < -0.3 is 10.2 Å². The van der Waals surface area contributed by atoms with Crippen LogP contribution in [0.4, 0.5) is 8.78 Å². The van der Waals surface area contributed by atoms with Gasteiger partial charge >= 0.3 is 0 Å². The number of rotatable bonds is 3. The zero-order valence-electron chi connectivity index (χ0n) is 9.15. The lowest BCUT2D eigenvalue weighted by atomic mass is 10.2. The van der Waals surface area contributed by atoms with Crippen molar-refractivity contribution >= 4 is 0 Å². The Morgan fingerprint density at radius 3 is 2.82 bits per heavy atom. The van der Waals surface area contributed by atoms with E-state index in [2.05, 4.69) is 10.2 Å². The summed E-state index contributed by atoms with van der Waals surface area (Å²) in [5, 5.41) is 7.36. The molecule has 1 aromatic carbocycles. The maximum atomic E-state index is 13.4. The molecule has 6 heteroatoms. The molecule has 0 radical (unpaired) electrons. The first-order valence-electron chi connectivity index (χ1n) is 5.16. The zero-order chi connectivity index (χ0) is 12.4. The van der Waals surface area contributed by atoms with Gasteiger partial charge in [0.25, 0.3) is 5.89 Å². The Morgan fingerprint density at radius 2 is 2.12 bits per heavy atom. The highest BCUT2D eigenvalue weighted by Gasteiger charge is 2.16. The number of nitrogens with zero attached hydrogens (tertiary/aromatic N) is 2. The number of aromatic nitrogens is 2. The molecule has 0 amide bonds. The normalized spacial score (nSPS) is 12.7. The second-order valence-corrected chi connectivity index (χ2v) is 3.58. The van der Waals surface area contributed by atoms with Gasteiger partial charge in [0.2, 0.25) is 5.89 Å². The molecule has 17 heavy (non-hydrogen) atoms. The third-order valence-electron chi connectivity index (χ3n) is 2.36. The van der Waals surface area contributed by atoms with E-state index in [0.29, 0.717) is 6.42 Å². The SMILES string of the molecule is CCC(N)c1nnc(-c2cc(F)ccc2F)o1. The van der Waals surface area contributed by atoms with Crippen molar-refractivity contribution in [3.05, 3.63) is 35.7 Å². The molecule has 2 aromatic rings. The standard InChI is InChI=1S/C11H11F2N3O/c1-2-9(14)11-16-15-10(17-11)7-5-6(12)3-4-8(7)13/h3-5,9H,2,14H2,1H3. The van der Waals surface area contributed by atoms with Gasteiger partial charge in [0.1, 0.15) is 11.6 Å². The van der Waals surface area contributed by atoms with Gasteiger partial charge in [0, 0.05) is 0 Å². The van der Waals surface area contributed by atoms with Gasteiger partial charge in [-0.3, -0.25) is 0 Å². The Balaban J connectivity index is 2.40. The lowest BCUT2D eigenvalue weighted by Gasteiger charge is -2.01. The maximum absolute atomic E-state index is 13.4. The van der Waals surface area contributed by atoms with Crippen molar-refractivity contribution in [1.82, 2.24) is 10.2 Å². The lowest BCUT2D eigenvalue weighted by Crippen LogP contribution is -2.08. The van der Waals surface area contributed by atoms with E-state index >= 15 is 0 Å². The maximum Gasteiger partial charge on any atom is 0.250 e. The van der Waals surface area contributed by atoms with Crippen molar-refractivity contribution in [3.8, 4) is 11.5 Å². The Hall–Kier alpha value is -1.82.